The molecule has 0 spiro atoms. The Kier molecular flexibility index (Phi) is 7.52. The zero-order valence-electron chi connectivity index (χ0n) is 19.0. The van der Waals surface area contributed by atoms with Crippen molar-refractivity contribution < 1.29 is 14.3 Å². The number of hydrogen-bond donors (Lipinski definition) is 0. The van der Waals surface area contributed by atoms with Gasteiger partial charge in [0.1, 0.15) is 22.3 Å². The Labute approximate surface area is 194 Å². The zero-order chi connectivity index (χ0) is 23.3. The summed E-state index contributed by atoms with van der Waals surface area (Å²) in [5, 5.41) is 0.366. The van der Waals surface area contributed by atoms with Crippen LogP contribution < -0.4 is 0 Å². The van der Waals surface area contributed by atoms with Crippen molar-refractivity contribution in [3.05, 3.63) is 76.3 Å². The number of aryl methyl sites for hydroxylation is 1. The number of hydrogen-bond acceptors (Lipinski definition) is 4. The van der Waals surface area contributed by atoms with E-state index in [0.29, 0.717) is 23.5 Å². The molecule has 0 atom stereocenters. The highest BCUT2D eigenvalue weighted by Crippen LogP contribution is 2.27. The van der Waals surface area contributed by atoms with Crippen LogP contribution >= 0.6 is 11.6 Å². The molecule has 0 radical (unpaired) electrons. The van der Waals surface area contributed by atoms with Crippen LogP contribution in [0.25, 0.3) is 11.1 Å². The van der Waals surface area contributed by atoms with Crippen molar-refractivity contribution in [3.8, 4) is 11.1 Å². The molecule has 0 N–H and O–H groups in total. The summed E-state index contributed by atoms with van der Waals surface area (Å²) in [6, 6.07) is 15.4. The highest BCUT2D eigenvalue weighted by molar-refractivity contribution is 6.31. The topological polar surface area (TPSA) is 61.2 Å². The highest BCUT2D eigenvalue weighted by atomic mass is 35.5. The second kappa shape index (κ2) is 10.1. The van der Waals surface area contributed by atoms with Crippen LogP contribution in [-0.4, -0.2) is 27.4 Å². The molecule has 0 aliphatic carbocycles. The molecule has 0 aliphatic rings. The number of aromatic nitrogens is 2. The fourth-order valence-electron chi connectivity index (χ4n) is 3.48. The molecule has 3 aromatic rings. The molecule has 0 unspecified atom stereocenters. The number of ether oxygens (including phenoxy) is 1. The van der Waals surface area contributed by atoms with Crippen LogP contribution in [0.5, 0.6) is 0 Å². The molecule has 1 aromatic heterocycles. The first kappa shape index (κ1) is 23.7. The summed E-state index contributed by atoms with van der Waals surface area (Å²) >= 11 is 6.41. The summed E-state index contributed by atoms with van der Waals surface area (Å²) in [6.45, 7) is 8.20. The molecular formula is C26H29ClN2O3. The third kappa shape index (κ3) is 5.65. The van der Waals surface area contributed by atoms with E-state index in [0.717, 1.165) is 41.8 Å². The lowest BCUT2D eigenvalue weighted by molar-refractivity contribution is 0.00704. The van der Waals surface area contributed by atoms with Gasteiger partial charge >= 0.3 is 5.97 Å². The van der Waals surface area contributed by atoms with Gasteiger partial charge in [0.15, 0.2) is 6.29 Å². The Hall–Kier alpha value is -2.92. The maximum absolute atomic E-state index is 12.7. The molecule has 32 heavy (non-hydrogen) atoms. The van der Waals surface area contributed by atoms with Gasteiger partial charge in [0, 0.05) is 6.42 Å². The highest BCUT2D eigenvalue weighted by Gasteiger charge is 2.21. The number of imidazole rings is 1. The van der Waals surface area contributed by atoms with E-state index >= 15 is 0 Å². The molecule has 0 fully saturated rings. The van der Waals surface area contributed by atoms with Gasteiger partial charge in [0.25, 0.3) is 0 Å². The number of rotatable bonds is 8. The van der Waals surface area contributed by atoms with Gasteiger partial charge < -0.3 is 9.30 Å². The Morgan fingerprint density at radius 2 is 1.81 bits per heavy atom. The average molecular weight is 453 g/mol. The van der Waals surface area contributed by atoms with Crippen molar-refractivity contribution in [2.24, 2.45) is 0 Å². The maximum Gasteiger partial charge on any atom is 0.339 e. The predicted molar refractivity (Wildman–Crippen MR) is 127 cm³/mol. The van der Waals surface area contributed by atoms with Gasteiger partial charge in [-0.15, -0.1) is 0 Å². The lowest BCUT2D eigenvalue weighted by Gasteiger charge is -2.20. The SMILES string of the molecule is CCCCc1nc(C=O)c(Cl)n1Cc1ccc(-c2ccccc2C(=O)OC(C)(C)C)cc1. The number of nitrogens with zero attached hydrogens (tertiary/aromatic N) is 2. The van der Waals surface area contributed by atoms with Crippen LogP contribution in [0.15, 0.2) is 48.5 Å². The first-order chi connectivity index (χ1) is 15.2. The first-order valence-electron chi connectivity index (χ1n) is 10.8. The summed E-state index contributed by atoms with van der Waals surface area (Å²) in [4.78, 5) is 28.4. The second-order valence-corrected chi connectivity index (χ2v) is 9.11. The minimum Gasteiger partial charge on any atom is -0.456 e. The quantitative estimate of drug-likeness (QED) is 0.294. The molecule has 3 rings (SSSR count). The first-order valence-corrected chi connectivity index (χ1v) is 11.2. The van der Waals surface area contributed by atoms with Gasteiger partial charge in [-0.05, 0) is 49.9 Å². The van der Waals surface area contributed by atoms with E-state index in [1.165, 1.54) is 0 Å². The summed E-state index contributed by atoms with van der Waals surface area (Å²) < 4.78 is 7.46. The lowest BCUT2D eigenvalue weighted by atomic mass is 9.98. The molecule has 0 bridgehead atoms. The van der Waals surface area contributed by atoms with Gasteiger partial charge in [0.05, 0.1) is 12.1 Å². The standard InChI is InChI=1S/C26H29ClN2O3/c1-5-6-11-23-28-22(17-30)24(27)29(23)16-18-12-14-19(15-13-18)20-9-7-8-10-21(20)25(31)32-26(2,3)4/h7-10,12-15,17H,5-6,11,16H2,1-4H3. The van der Waals surface area contributed by atoms with Crippen LogP contribution in [0, 0.1) is 0 Å². The van der Waals surface area contributed by atoms with E-state index in [2.05, 4.69) is 11.9 Å². The summed E-state index contributed by atoms with van der Waals surface area (Å²) in [6.07, 6.45) is 3.48. The molecule has 5 nitrogen and oxygen atoms in total. The number of halogens is 1. The minimum atomic E-state index is -0.562. The lowest BCUT2D eigenvalue weighted by Crippen LogP contribution is -2.24. The summed E-state index contributed by atoms with van der Waals surface area (Å²) in [5.74, 6) is 0.475. The molecule has 6 heteroatoms. The van der Waals surface area contributed by atoms with E-state index in [1.807, 2.05) is 67.8 Å². The van der Waals surface area contributed by atoms with Crippen molar-refractivity contribution in [1.29, 1.82) is 0 Å². The Bertz CT molecular complexity index is 1100. The number of esters is 1. The third-order valence-corrected chi connectivity index (χ3v) is 5.42. The molecule has 1 heterocycles. The maximum atomic E-state index is 12.7. The minimum absolute atomic E-state index is 0.278. The zero-order valence-corrected chi connectivity index (χ0v) is 19.8. The fraction of sp³-hybridized carbons (Fsp3) is 0.346. The molecule has 0 aliphatic heterocycles. The molecular weight excluding hydrogens is 424 g/mol. The van der Waals surface area contributed by atoms with Gasteiger partial charge in [-0.3, -0.25) is 4.79 Å². The van der Waals surface area contributed by atoms with E-state index in [4.69, 9.17) is 16.3 Å². The van der Waals surface area contributed by atoms with Gasteiger partial charge in [-0.25, -0.2) is 9.78 Å². The van der Waals surface area contributed by atoms with Crippen molar-refractivity contribution in [1.82, 2.24) is 9.55 Å². The normalized spacial score (nSPS) is 11.4. The summed E-state index contributed by atoms with van der Waals surface area (Å²) in [5.41, 5.74) is 3.02. The van der Waals surface area contributed by atoms with E-state index in [9.17, 15) is 9.59 Å². The molecule has 0 amide bonds. The van der Waals surface area contributed by atoms with Gasteiger partial charge in [0.2, 0.25) is 0 Å². The van der Waals surface area contributed by atoms with Crippen LogP contribution in [0.1, 0.15) is 72.8 Å². The number of carbonyl (C=O) groups excluding carboxylic acids is 2. The molecule has 0 saturated carbocycles. The van der Waals surface area contributed by atoms with Crippen molar-refractivity contribution in [2.45, 2.75) is 59.1 Å². The van der Waals surface area contributed by atoms with Crippen LogP contribution in [0.3, 0.4) is 0 Å². The number of unbranched alkanes of at least 4 members (excludes halogenated alkanes) is 1. The number of benzene rings is 2. The Morgan fingerprint density at radius 3 is 2.44 bits per heavy atom. The number of aldehydes is 1. The fourth-order valence-corrected chi connectivity index (χ4v) is 3.72. The summed E-state index contributed by atoms with van der Waals surface area (Å²) in [7, 11) is 0. The van der Waals surface area contributed by atoms with Gasteiger partial charge in [-0.2, -0.15) is 0 Å². The molecule has 2 aromatic carbocycles. The smallest absolute Gasteiger partial charge is 0.339 e. The largest absolute Gasteiger partial charge is 0.456 e. The van der Waals surface area contributed by atoms with Gasteiger partial charge in [-0.1, -0.05) is 67.4 Å². The third-order valence-electron chi connectivity index (χ3n) is 5.03. The van der Waals surface area contributed by atoms with Crippen molar-refractivity contribution >= 4 is 23.9 Å². The van der Waals surface area contributed by atoms with Crippen LogP contribution in [0.2, 0.25) is 5.15 Å². The molecule has 0 saturated heterocycles. The van der Waals surface area contributed by atoms with Crippen molar-refractivity contribution in [3.63, 3.8) is 0 Å². The van der Waals surface area contributed by atoms with Crippen molar-refractivity contribution in [2.75, 3.05) is 0 Å². The van der Waals surface area contributed by atoms with Crippen LogP contribution in [-0.2, 0) is 17.7 Å². The molecule has 168 valence electrons. The average Bonchev–Trinajstić information content (AvgIpc) is 3.06. The Morgan fingerprint density at radius 1 is 1.12 bits per heavy atom. The van der Waals surface area contributed by atoms with E-state index in [-0.39, 0.29) is 11.7 Å². The number of carbonyl (C=O) groups is 2. The monoisotopic (exact) mass is 452 g/mol. The predicted octanol–water partition coefficient (Wildman–Crippen LogP) is 6.36. The van der Waals surface area contributed by atoms with E-state index < -0.39 is 5.60 Å². The van der Waals surface area contributed by atoms with E-state index in [1.54, 1.807) is 6.07 Å². The Balaban J connectivity index is 1.87. The second-order valence-electron chi connectivity index (χ2n) is 8.76. The van der Waals surface area contributed by atoms with Crippen LogP contribution in [0.4, 0.5) is 0 Å².